The molecule has 0 aromatic carbocycles. The van der Waals surface area contributed by atoms with Crippen LogP contribution >= 0.6 is 15.9 Å². The van der Waals surface area contributed by atoms with Gasteiger partial charge in [0.15, 0.2) is 5.03 Å². The van der Waals surface area contributed by atoms with Crippen molar-refractivity contribution in [3.8, 4) is 0 Å². The van der Waals surface area contributed by atoms with Gasteiger partial charge < -0.3 is 4.57 Å². The molecule has 0 aliphatic heterocycles. The molecule has 2 rings (SSSR count). The number of nitrogens with zero attached hydrogens (tertiary/aromatic N) is 2. The topological polar surface area (TPSA) is 64.0 Å². The van der Waals surface area contributed by atoms with E-state index < -0.39 is 10.0 Å². The molecule has 1 aliphatic rings. The molecule has 0 unspecified atom stereocenters. The van der Waals surface area contributed by atoms with Crippen molar-refractivity contribution in [1.29, 1.82) is 0 Å². The first-order valence-corrected chi connectivity index (χ1v) is 8.01. The van der Waals surface area contributed by atoms with Crippen LogP contribution in [0.15, 0.2) is 17.6 Å². The highest BCUT2D eigenvalue weighted by atomic mass is 79.9. The molecule has 1 aromatic heterocycles. The van der Waals surface area contributed by atoms with E-state index in [9.17, 15) is 8.42 Å². The van der Waals surface area contributed by atoms with Gasteiger partial charge in [-0.3, -0.25) is 0 Å². The summed E-state index contributed by atoms with van der Waals surface area (Å²) in [4.78, 5) is 4.40. The largest absolute Gasteiger partial charge is 0.339 e. The van der Waals surface area contributed by atoms with E-state index in [1.165, 1.54) is 12.5 Å². The molecule has 1 aliphatic carbocycles. The number of sulfonamides is 1. The lowest BCUT2D eigenvalue weighted by atomic mass is 9.96. The number of halogens is 1. The van der Waals surface area contributed by atoms with Crippen molar-refractivity contribution in [1.82, 2.24) is 14.3 Å². The quantitative estimate of drug-likeness (QED) is 0.856. The number of rotatable bonds is 3. The Hall–Kier alpha value is -0.400. The summed E-state index contributed by atoms with van der Waals surface area (Å²) in [6.45, 7) is 0. The van der Waals surface area contributed by atoms with Gasteiger partial charge >= 0.3 is 0 Å². The van der Waals surface area contributed by atoms with E-state index in [2.05, 4.69) is 25.6 Å². The number of alkyl halides is 1. The number of hydrogen-bond donors (Lipinski definition) is 1. The van der Waals surface area contributed by atoms with Gasteiger partial charge in [0.1, 0.15) is 0 Å². The van der Waals surface area contributed by atoms with E-state index in [0.717, 1.165) is 25.7 Å². The van der Waals surface area contributed by atoms with Crippen molar-refractivity contribution in [2.75, 3.05) is 0 Å². The van der Waals surface area contributed by atoms with Crippen LogP contribution in [0.3, 0.4) is 0 Å². The Morgan fingerprint density at radius 3 is 2.59 bits per heavy atom. The number of aryl methyl sites for hydroxylation is 1. The molecule has 1 saturated carbocycles. The molecule has 5 nitrogen and oxygen atoms in total. The highest BCUT2D eigenvalue weighted by Gasteiger charge is 2.25. The normalized spacial score (nSPS) is 26.0. The molecule has 0 bridgehead atoms. The van der Waals surface area contributed by atoms with Crippen molar-refractivity contribution in [2.45, 2.75) is 41.6 Å². The maximum atomic E-state index is 12.0. The number of nitrogens with one attached hydrogen (secondary N) is 1. The van der Waals surface area contributed by atoms with E-state index in [-0.39, 0.29) is 11.1 Å². The third-order valence-corrected chi connectivity index (χ3v) is 5.26. The second kappa shape index (κ2) is 5.07. The van der Waals surface area contributed by atoms with Crippen molar-refractivity contribution in [3.05, 3.63) is 12.5 Å². The summed E-state index contributed by atoms with van der Waals surface area (Å²) >= 11 is 3.55. The van der Waals surface area contributed by atoms with Gasteiger partial charge in [-0.2, -0.15) is 0 Å². The smallest absolute Gasteiger partial charge is 0.259 e. The van der Waals surface area contributed by atoms with Crippen LogP contribution in [0.25, 0.3) is 0 Å². The molecule has 1 N–H and O–H groups in total. The maximum Gasteiger partial charge on any atom is 0.259 e. The lowest BCUT2D eigenvalue weighted by molar-refractivity contribution is 0.422. The van der Waals surface area contributed by atoms with Gasteiger partial charge in [0.2, 0.25) is 0 Å². The molecule has 0 spiro atoms. The molecule has 0 saturated heterocycles. The molecule has 96 valence electrons. The fourth-order valence-electron chi connectivity index (χ4n) is 1.98. The molecule has 0 radical (unpaired) electrons. The van der Waals surface area contributed by atoms with Crippen LogP contribution in [-0.2, 0) is 17.1 Å². The Labute approximate surface area is 110 Å². The minimum atomic E-state index is -3.45. The summed E-state index contributed by atoms with van der Waals surface area (Å²) in [7, 11) is -1.70. The Bertz CT molecular complexity index is 477. The molecule has 0 amide bonds. The standard InChI is InChI=1S/C10H16BrN3O2S/c1-14-6-10(12-7-14)17(15,16)13-9-4-2-8(11)3-5-9/h6-9,13H,2-5H2,1H3. The van der Waals surface area contributed by atoms with E-state index >= 15 is 0 Å². The molecule has 1 fully saturated rings. The summed E-state index contributed by atoms with van der Waals surface area (Å²) in [6, 6.07) is 0.0378. The number of aromatic nitrogens is 2. The summed E-state index contributed by atoms with van der Waals surface area (Å²) in [5, 5.41) is 0.0981. The maximum absolute atomic E-state index is 12.0. The lowest BCUT2D eigenvalue weighted by Gasteiger charge is -2.25. The van der Waals surface area contributed by atoms with Crippen LogP contribution in [-0.4, -0.2) is 28.8 Å². The minimum Gasteiger partial charge on any atom is -0.339 e. The third-order valence-electron chi connectivity index (χ3n) is 2.94. The van der Waals surface area contributed by atoms with E-state index in [0.29, 0.717) is 4.83 Å². The van der Waals surface area contributed by atoms with Crippen molar-refractivity contribution in [2.24, 2.45) is 7.05 Å². The number of imidazole rings is 1. The van der Waals surface area contributed by atoms with E-state index in [1.54, 1.807) is 11.6 Å². The van der Waals surface area contributed by atoms with E-state index in [4.69, 9.17) is 0 Å². The molecule has 0 atom stereocenters. The lowest BCUT2D eigenvalue weighted by Crippen LogP contribution is -2.37. The Kier molecular flexibility index (Phi) is 3.89. The summed E-state index contributed by atoms with van der Waals surface area (Å²) in [5.74, 6) is 0. The molecule has 1 aromatic rings. The highest BCUT2D eigenvalue weighted by molar-refractivity contribution is 9.09. The first-order valence-electron chi connectivity index (χ1n) is 5.62. The molecular weight excluding hydrogens is 306 g/mol. The first kappa shape index (κ1) is 13.0. The Morgan fingerprint density at radius 2 is 2.06 bits per heavy atom. The van der Waals surface area contributed by atoms with Crippen LogP contribution in [0.4, 0.5) is 0 Å². The average Bonchev–Trinajstić information content (AvgIpc) is 2.69. The Balaban J connectivity index is 2.03. The zero-order valence-electron chi connectivity index (χ0n) is 9.63. The second-order valence-corrected chi connectivity index (χ2v) is 7.40. The minimum absolute atomic E-state index is 0.0378. The van der Waals surface area contributed by atoms with E-state index in [1.807, 2.05) is 0 Å². The van der Waals surface area contributed by atoms with Crippen LogP contribution in [0.1, 0.15) is 25.7 Å². The average molecular weight is 322 g/mol. The fourth-order valence-corrected chi connectivity index (χ4v) is 3.79. The van der Waals surface area contributed by atoms with Gasteiger partial charge in [-0.05, 0) is 25.7 Å². The predicted octanol–water partition coefficient (Wildman–Crippen LogP) is 1.40. The van der Waals surface area contributed by atoms with Gasteiger partial charge in [0.25, 0.3) is 10.0 Å². The molecular formula is C10H16BrN3O2S. The summed E-state index contributed by atoms with van der Waals surface area (Å²) < 4.78 is 28.3. The number of hydrogen-bond acceptors (Lipinski definition) is 3. The third kappa shape index (κ3) is 3.29. The van der Waals surface area contributed by atoms with Crippen molar-refractivity contribution < 1.29 is 8.42 Å². The van der Waals surface area contributed by atoms with Crippen LogP contribution in [0, 0.1) is 0 Å². The fraction of sp³-hybridized carbons (Fsp3) is 0.700. The summed E-state index contributed by atoms with van der Waals surface area (Å²) in [6.07, 6.45) is 6.77. The molecule has 1 heterocycles. The molecule has 17 heavy (non-hydrogen) atoms. The zero-order valence-corrected chi connectivity index (χ0v) is 12.0. The van der Waals surface area contributed by atoms with Crippen molar-refractivity contribution >= 4 is 26.0 Å². The van der Waals surface area contributed by atoms with Gasteiger partial charge in [-0.1, -0.05) is 15.9 Å². The predicted molar refractivity (Wildman–Crippen MR) is 68.5 cm³/mol. The van der Waals surface area contributed by atoms with Gasteiger partial charge in [0.05, 0.1) is 6.33 Å². The van der Waals surface area contributed by atoms with Gasteiger partial charge in [-0.25, -0.2) is 18.1 Å². The second-order valence-electron chi connectivity index (χ2n) is 4.45. The SMILES string of the molecule is Cn1cnc(S(=O)(=O)NC2CCC(Br)CC2)c1. The van der Waals surface area contributed by atoms with Crippen LogP contribution < -0.4 is 4.72 Å². The summed E-state index contributed by atoms with van der Waals surface area (Å²) in [5.41, 5.74) is 0. The monoisotopic (exact) mass is 321 g/mol. The molecule has 7 heteroatoms. The van der Waals surface area contributed by atoms with Crippen LogP contribution in [0.2, 0.25) is 0 Å². The van der Waals surface area contributed by atoms with Gasteiger partial charge in [-0.15, -0.1) is 0 Å². The Morgan fingerprint density at radius 1 is 1.41 bits per heavy atom. The first-order chi connectivity index (χ1) is 7.97. The van der Waals surface area contributed by atoms with Crippen molar-refractivity contribution in [3.63, 3.8) is 0 Å². The zero-order chi connectivity index (χ0) is 12.5. The highest BCUT2D eigenvalue weighted by Crippen LogP contribution is 2.25. The van der Waals surface area contributed by atoms with Crippen LogP contribution in [0.5, 0.6) is 0 Å². The van der Waals surface area contributed by atoms with Gasteiger partial charge in [0, 0.05) is 24.1 Å².